The molecule has 2 fully saturated rings. The van der Waals surface area contributed by atoms with Crippen molar-refractivity contribution in [3.8, 4) is 0 Å². The number of rotatable bonds is 5. The zero-order chi connectivity index (χ0) is 34.8. The van der Waals surface area contributed by atoms with E-state index in [0.717, 1.165) is 67.6 Å². The lowest BCUT2D eigenvalue weighted by atomic mass is 9.94. The van der Waals surface area contributed by atoms with Gasteiger partial charge in [0.1, 0.15) is 20.8 Å². The highest BCUT2D eigenvalue weighted by Crippen LogP contribution is 2.49. The molecule has 4 aromatic carbocycles. The molecule has 7 nitrogen and oxygen atoms in total. The minimum atomic E-state index is -0.684. The number of hydrogen-bond donors (Lipinski definition) is 3. The Kier molecular flexibility index (Phi) is 12.4. The van der Waals surface area contributed by atoms with Gasteiger partial charge in [-0.1, -0.05) is 123 Å². The van der Waals surface area contributed by atoms with Crippen molar-refractivity contribution in [1.82, 2.24) is 9.97 Å². The van der Waals surface area contributed by atoms with Gasteiger partial charge in [0.2, 0.25) is 5.91 Å². The molecule has 0 unspecified atom stereocenters. The SMILES string of the molecule is C.C.Cc1ccc(C2(C(=O)Nc3cc4ccccc4c(Br)n3)CC2)cc1.Cc1ccc(C2(C(=O)O)CC2)cc1.Nc1cc2ccccc2c(Br)n1. The van der Waals surface area contributed by atoms with Crippen molar-refractivity contribution in [3.63, 3.8) is 0 Å². The normalized spacial score (nSPS) is 14.3. The van der Waals surface area contributed by atoms with Crippen LogP contribution in [0.4, 0.5) is 11.6 Å². The summed E-state index contributed by atoms with van der Waals surface area (Å²) in [6.07, 6.45) is 3.34. The Labute approximate surface area is 317 Å². The number of nitrogens with zero attached hydrogens (tertiary/aromatic N) is 2. The Morgan fingerprint density at radius 3 is 1.57 bits per heavy atom. The average Bonchev–Trinajstić information content (AvgIpc) is 4.02. The summed E-state index contributed by atoms with van der Waals surface area (Å²) in [5, 5.41) is 16.3. The van der Waals surface area contributed by atoms with Gasteiger partial charge in [0.15, 0.2) is 0 Å². The molecule has 0 spiro atoms. The number of pyridine rings is 2. The van der Waals surface area contributed by atoms with Crippen molar-refractivity contribution in [2.75, 3.05) is 11.1 Å². The second-order valence-electron chi connectivity index (χ2n) is 12.7. The molecule has 6 aromatic rings. The fourth-order valence-corrected chi connectivity index (χ4v) is 7.02. The van der Waals surface area contributed by atoms with Crippen LogP contribution in [0.5, 0.6) is 0 Å². The van der Waals surface area contributed by atoms with Crippen LogP contribution in [0, 0.1) is 13.8 Å². The van der Waals surface area contributed by atoms with Gasteiger partial charge in [0, 0.05) is 10.8 Å². The predicted molar refractivity (Wildman–Crippen MR) is 217 cm³/mol. The first-order valence-electron chi connectivity index (χ1n) is 16.1. The summed E-state index contributed by atoms with van der Waals surface area (Å²) >= 11 is 6.85. The maximum atomic E-state index is 12.9. The third-order valence-corrected chi connectivity index (χ3v) is 10.4. The van der Waals surface area contributed by atoms with Crippen LogP contribution in [0.2, 0.25) is 0 Å². The zero-order valence-electron chi connectivity index (χ0n) is 27.2. The van der Waals surface area contributed by atoms with E-state index in [1.165, 1.54) is 11.1 Å². The number of carbonyl (C=O) groups is 2. The van der Waals surface area contributed by atoms with Gasteiger partial charge in [-0.2, -0.15) is 0 Å². The molecule has 0 saturated heterocycles. The molecule has 9 heteroatoms. The number of anilines is 2. The van der Waals surface area contributed by atoms with Gasteiger partial charge < -0.3 is 16.2 Å². The average molecular weight is 813 g/mol. The monoisotopic (exact) mass is 810 g/mol. The minimum Gasteiger partial charge on any atom is -0.481 e. The highest BCUT2D eigenvalue weighted by atomic mass is 79.9. The van der Waals surface area contributed by atoms with Crippen molar-refractivity contribution in [2.45, 2.75) is 65.2 Å². The summed E-state index contributed by atoms with van der Waals surface area (Å²) in [7, 11) is 0. The standard InChI is InChI=1S/C20H17BrN2O.C11H12O2.C9H7BrN2.2CH4/c1-13-6-8-15(9-7-13)20(10-11-20)19(24)23-17-12-14-4-2-3-5-16(14)18(21)22-17;1-8-2-4-9(5-3-8)11(6-7-11)10(12)13;10-9-7-4-2-1-3-6(7)5-8(11)12-9;;/h2-9,12H,10-11H2,1H3,(H,22,23,24);2-5H,6-7H2,1H3,(H,12,13);1-5H,(H2,11,12);2*1H4. The first kappa shape index (κ1) is 39.2. The number of fused-ring (bicyclic) bond motifs is 2. The van der Waals surface area contributed by atoms with E-state index in [0.29, 0.717) is 11.6 Å². The second-order valence-corrected chi connectivity index (χ2v) is 14.2. The summed E-state index contributed by atoms with van der Waals surface area (Å²) < 4.78 is 1.55. The van der Waals surface area contributed by atoms with Crippen molar-refractivity contribution < 1.29 is 14.7 Å². The van der Waals surface area contributed by atoms with E-state index < -0.39 is 16.8 Å². The number of nitrogens with two attached hydrogens (primary N) is 1. The number of aryl methyl sites for hydroxylation is 2. The number of halogens is 2. The molecule has 2 heterocycles. The molecule has 2 aliphatic rings. The quantitative estimate of drug-likeness (QED) is 0.149. The molecule has 2 aliphatic carbocycles. The lowest BCUT2D eigenvalue weighted by Crippen LogP contribution is -2.28. The molecule has 0 bridgehead atoms. The summed E-state index contributed by atoms with van der Waals surface area (Å²) in [6, 6.07) is 35.8. The number of carboxylic acids is 1. The van der Waals surface area contributed by atoms with E-state index in [2.05, 4.69) is 78.3 Å². The number of benzene rings is 4. The van der Waals surface area contributed by atoms with Gasteiger partial charge in [0.05, 0.1) is 10.8 Å². The molecule has 2 saturated carbocycles. The smallest absolute Gasteiger partial charge is 0.314 e. The number of nitrogens with one attached hydrogen (secondary N) is 1. The summed E-state index contributed by atoms with van der Waals surface area (Å²) in [5.74, 6) is 0.474. The molecule has 0 aliphatic heterocycles. The highest BCUT2D eigenvalue weighted by Gasteiger charge is 2.52. The first-order valence-corrected chi connectivity index (χ1v) is 17.6. The van der Waals surface area contributed by atoms with Gasteiger partial charge in [-0.15, -0.1) is 0 Å². The molecule has 264 valence electrons. The van der Waals surface area contributed by atoms with Crippen molar-refractivity contribution >= 4 is 76.9 Å². The molecule has 8 rings (SSSR count). The Balaban J connectivity index is 0.000000184. The Morgan fingerprint density at radius 1 is 0.667 bits per heavy atom. The fraction of sp³-hybridized carbons (Fsp3) is 0.238. The van der Waals surface area contributed by atoms with Gasteiger partial charge in [-0.25, -0.2) is 9.97 Å². The van der Waals surface area contributed by atoms with Crippen LogP contribution in [0.25, 0.3) is 21.5 Å². The largest absolute Gasteiger partial charge is 0.481 e. The number of carboxylic acid groups (broad SMARTS) is 1. The molecule has 0 atom stereocenters. The van der Waals surface area contributed by atoms with Crippen LogP contribution >= 0.6 is 31.9 Å². The molecule has 4 N–H and O–H groups in total. The van der Waals surface area contributed by atoms with E-state index in [1.54, 1.807) is 0 Å². The third-order valence-electron chi connectivity index (χ3n) is 9.20. The van der Waals surface area contributed by atoms with Gasteiger partial charge in [0.25, 0.3) is 0 Å². The van der Waals surface area contributed by atoms with E-state index in [-0.39, 0.29) is 20.8 Å². The van der Waals surface area contributed by atoms with Crippen molar-refractivity contribution in [1.29, 1.82) is 0 Å². The van der Waals surface area contributed by atoms with Crippen molar-refractivity contribution in [3.05, 3.63) is 141 Å². The van der Waals surface area contributed by atoms with Crippen molar-refractivity contribution in [2.24, 2.45) is 0 Å². The molecule has 1 amide bonds. The van der Waals surface area contributed by atoms with E-state index in [1.807, 2.05) is 91.9 Å². The topological polar surface area (TPSA) is 118 Å². The molecule has 0 radical (unpaired) electrons. The van der Waals surface area contributed by atoms with Crippen LogP contribution in [-0.2, 0) is 20.4 Å². The lowest BCUT2D eigenvalue weighted by Gasteiger charge is -2.16. The van der Waals surface area contributed by atoms with Crippen LogP contribution in [0.15, 0.2) is 118 Å². The van der Waals surface area contributed by atoms with Crippen LogP contribution in [-0.4, -0.2) is 27.0 Å². The summed E-state index contributed by atoms with van der Waals surface area (Å²) in [6.45, 7) is 4.06. The Morgan fingerprint density at radius 2 is 1.10 bits per heavy atom. The maximum Gasteiger partial charge on any atom is 0.314 e. The molecular weight excluding hydrogens is 768 g/mol. The Hall–Kier alpha value is -4.60. The lowest BCUT2D eigenvalue weighted by molar-refractivity contribution is -0.140. The highest BCUT2D eigenvalue weighted by molar-refractivity contribution is 9.10. The van der Waals surface area contributed by atoms with E-state index >= 15 is 0 Å². The zero-order valence-corrected chi connectivity index (χ0v) is 30.4. The van der Waals surface area contributed by atoms with Crippen LogP contribution in [0.1, 0.15) is 62.8 Å². The first-order chi connectivity index (χ1) is 23.5. The van der Waals surface area contributed by atoms with E-state index in [4.69, 9.17) is 10.8 Å². The minimum absolute atomic E-state index is 0. The number of nitrogen functional groups attached to an aromatic ring is 1. The number of aromatic nitrogens is 2. The van der Waals surface area contributed by atoms with Crippen LogP contribution in [0.3, 0.4) is 0 Å². The summed E-state index contributed by atoms with van der Waals surface area (Å²) in [4.78, 5) is 32.4. The number of amides is 1. The molecular formula is C42H44Br2N4O3. The number of carbonyl (C=O) groups excluding carboxylic acids is 1. The molecule has 2 aromatic heterocycles. The fourth-order valence-electron chi connectivity index (χ4n) is 5.90. The third kappa shape index (κ3) is 8.65. The number of hydrogen-bond acceptors (Lipinski definition) is 5. The molecule has 51 heavy (non-hydrogen) atoms. The number of aliphatic carboxylic acids is 1. The van der Waals surface area contributed by atoms with Gasteiger partial charge >= 0.3 is 5.97 Å². The van der Waals surface area contributed by atoms with Crippen LogP contribution < -0.4 is 11.1 Å². The second kappa shape index (κ2) is 16.2. The van der Waals surface area contributed by atoms with E-state index in [9.17, 15) is 9.59 Å². The Bertz CT molecular complexity index is 2160. The summed E-state index contributed by atoms with van der Waals surface area (Å²) in [5.41, 5.74) is 9.05. The maximum absolute atomic E-state index is 12.9. The predicted octanol–water partition coefficient (Wildman–Crippen LogP) is 10.9. The van der Waals surface area contributed by atoms with Gasteiger partial charge in [-0.05, 0) is 105 Å². The van der Waals surface area contributed by atoms with Gasteiger partial charge in [-0.3, -0.25) is 9.59 Å².